The number of nitrogens with zero attached hydrogens (tertiary/aromatic N) is 1. The third-order valence-electron chi connectivity index (χ3n) is 5.79. The van der Waals surface area contributed by atoms with Crippen LogP contribution in [-0.4, -0.2) is 17.8 Å². The Morgan fingerprint density at radius 2 is 1.74 bits per heavy atom. The van der Waals surface area contributed by atoms with Gasteiger partial charge in [-0.25, -0.2) is 14.6 Å². The van der Waals surface area contributed by atoms with E-state index >= 15 is 0 Å². The van der Waals surface area contributed by atoms with E-state index in [0.29, 0.717) is 20.5 Å². The molecule has 3 heterocycles. The number of hydrogen-bond donors (Lipinski definition) is 0. The lowest BCUT2D eigenvalue weighted by molar-refractivity contribution is -0.129. The van der Waals surface area contributed by atoms with Gasteiger partial charge < -0.3 is 9.47 Å². The van der Waals surface area contributed by atoms with Crippen molar-refractivity contribution in [3.05, 3.63) is 102 Å². The molecule has 3 aromatic carbocycles. The quantitative estimate of drug-likeness (QED) is 0.111. The maximum Gasteiger partial charge on any atom is 0.363 e. The van der Waals surface area contributed by atoms with Crippen molar-refractivity contribution in [2.45, 2.75) is 6.92 Å². The first-order valence-corrected chi connectivity index (χ1v) is 14.4. The molecule has 1 aliphatic rings. The molecule has 0 aliphatic carbocycles. The first-order chi connectivity index (χ1) is 18.3. The molecule has 0 fully saturated rings. The van der Waals surface area contributed by atoms with Gasteiger partial charge in [-0.3, -0.25) is 0 Å². The van der Waals surface area contributed by atoms with Crippen LogP contribution < -0.4 is 4.74 Å². The smallest absolute Gasteiger partial charge is 0.363 e. The van der Waals surface area contributed by atoms with Gasteiger partial charge in [0.25, 0.3) is 0 Å². The predicted molar refractivity (Wildman–Crippen MR) is 158 cm³/mol. The van der Waals surface area contributed by atoms with E-state index in [9.17, 15) is 9.59 Å². The average Bonchev–Trinajstić information content (AvgIpc) is 3.52. The molecule has 2 aromatic heterocycles. The lowest BCUT2D eigenvalue weighted by Gasteiger charge is -2.07. The minimum Gasteiger partial charge on any atom is -0.422 e. The zero-order chi connectivity index (χ0) is 26.6. The molecule has 0 bridgehead atoms. The minimum atomic E-state index is -0.621. The fourth-order valence-electron chi connectivity index (χ4n) is 3.97. The normalized spacial score (nSPS) is 14.4. The SMILES string of the molecule is Cc1ccc2c(Cl)c(C3=N/C(=C/c4ccccc4OC(=O)c4sc5cc(Br)ccc5c4Cl)C(=O)O3)sc2c1. The van der Waals surface area contributed by atoms with E-state index in [2.05, 4.69) is 20.9 Å². The highest BCUT2D eigenvalue weighted by atomic mass is 79.9. The molecular weight excluding hydrogens is 629 g/mol. The number of hydrogen-bond acceptors (Lipinski definition) is 7. The van der Waals surface area contributed by atoms with Crippen LogP contribution in [0.15, 0.2) is 75.8 Å². The van der Waals surface area contributed by atoms with Crippen molar-refractivity contribution in [1.82, 2.24) is 0 Å². The summed E-state index contributed by atoms with van der Waals surface area (Å²) in [6.45, 7) is 2.00. The van der Waals surface area contributed by atoms with Crippen molar-refractivity contribution < 1.29 is 19.1 Å². The fraction of sp³-hybridized carbons (Fsp3) is 0.0357. The summed E-state index contributed by atoms with van der Waals surface area (Å²) in [4.78, 5) is 31.0. The van der Waals surface area contributed by atoms with Crippen LogP contribution in [-0.2, 0) is 9.53 Å². The predicted octanol–water partition coefficient (Wildman–Crippen LogP) is 9.06. The molecule has 0 N–H and O–H groups in total. The number of aliphatic imine (C=N–C) groups is 1. The van der Waals surface area contributed by atoms with Crippen LogP contribution in [0.4, 0.5) is 0 Å². The molecule has 0 saturated heterocycles. The van der Waals surface area contributed by atoms with Crippen LogP contribution in [0.3, 0.4) is 0 Å². The summed E-state index contributed by atoms with van der Waals surface area (Å²) >= 11 is 19.2. The molecule has 0 amide bonds. The number of ether oxygens (including phenoxy) is 2. The lowest BCUT2D eigenvalue weighted by Crippen LogP contribution is -2.08. The van der Waals surface area contributed by atoms with Gasteiger partial charge in [0.15, 0.2) is 5.70 Å². The molecule has 1 aliphatic heterocycles. The number of para-hydroxylation sites is 1. The van der Waals surface area contributed by atoms with E-state index in [1.165, 1.54) is 28.7 Å². The van der Waals surface area contributed by atoms with Crippen molar-refractivity contribution in [3.63, 3.8) is 0 Å². The average molecular weight is 643 g/mol. The second kappa shape index (κ2) is 9.94. The van der Waals surface area contributed by atoms with E-state index in [1.54, 1.807) is 24.3 Å². The van der Waals surface area contributed by atoms with Gasteiger partial charge in [0, 0.05) is 30.2 Å². The van der Waals surface area contributed by atoms with Gasteiger partial charge in [0.1, 0.15) is 15.5 Å². The monoisotopic (exact) mass is 641 g/mol. The van der Waals surface area contributed by atoms with Crippen LogP contribution in [0, 0.1) is 6.92 Å². The van der Waals surface area contributed by atoms with Crippen LogP contribution in [0.1, 0.15) is 25.7 Å². The Hall–Kier alpha value is -3.01. The second-order valence-corrected chi connectivity index (χ2v) is 12.2. The zero-order valence-electron chi connectivity index (χ0n) is 19.4. The first-order valence-electron chi connectivity index (χ1n) is 11.2. The number of benzene rings is 3. The molecule has 0 unspecified atom stereocenters. The Morgan fingerprint density at radius 3 is 2.58 bits per heavy atom. The Kier molecular flexibility index (Phi) is 6.62. The number of aryl methyl sites for hydroxylation is 1. The number of esters is 2. The molecule has 5 aromatic rings. The zero-order valence-corrected chi connectivity index (χ0v) is 24.1. The highest BCUT2D eigenvalue weighted by Gasteiger charge is 2.28. The Labute approximate surface area is 243 Å². The van der Waals surface area contributed by atoms with Gasteiger partial charge in [-0.15, -0.1) is 22.7 Å². The van der Waals surface area contributed by atoms with Crippen LogP contribution in [0.2, 0.25) is 10.0 Å². The van der Waals surface area contributed by atoms with Crippen molar-refractivity contribution in [1.29, 1.82) is 0 Å². The molecule has 0 atom stereocenters. The Balaban J connectivity index is 1.32. The summed E-state index contributed by atoms with van der Waals surface area (Å²) in [6.07, 6.45) is 1.52. The minimum absolute atomic E-state index is 0.0675. The summed E-state index contributed by atoms with van der Waals surface area (Å²) in [5, 5.41) is 2.47. The topological polar surface area (TPSA) is 65.0 Å². The number of fused-ring (bicyclic) bond motifs is 2. The second-order valence-electron chi connectivity index (χ2n) is 8.39. The van der Waals surface area contributed by atoms with Crippen LogP contribution >= 0.6 is 61.8 Å². The molecule has 0 radical (unpaired) electrons. The Bertz CT molecular complexity index is 1870. The van der Waals surface area contributed by atoms with Gasteiger partial charge >= 0.3 is 11.9 Å². The van der Waals surface area contributed by atoms with E-state index in [-0.39, 0.29) is 22.2 Å². The van der Waals surface area contributed by atoms with Crippen molar-refractivity contribution in [2.75, 3.05) is 0 Å². The highest BCUT2D eigenvalue weighted by molar-refractivity contribution is 9.10. The number of cyclic esters (lactones) is 1. The Morgan fingerprint density at radius 1 is 1.00 bits per heavy atom. The molecule has 10 heteroatoms. The van der Waals surface area contributed by atoms with Gasteiger partial charge in [-0.2, -0.15) is 0 Å². The molecule has 0 spiro atoms. The van der Waals surface area contributed by atoms with E-state index in [1.807, 2.05) is 43.3 Å². The van der Waals surface area contributed by atoms with Crippen molar-refractivity contribution in [2.24, 2.45) is 4.99 Å². The summed E-state index contributed by atoms with van der Waals surface area (Å²) in [5.41, 5.74) is 1.65. The third kappa shape index (κ3) is 4.57. The highest BCUT2D eigenvalue weighted by Crippen LogP contribution is 2.39. The third-order valence-corrected chi connectivity index (χ3v) is 9.57. The number of carbonyl (C=O) groups excluding carboxylic acids is 2. The molecule has 6 rings (SSSR count). The van der Waals surface area contributed by atoms with Gasteiger partial charge in [-0.1, -0.05) is 75.5 Å². The summed E-state index contributed by atoms with van der Waals surface area (Å²) in [7, 11) is 0. The maximum atomic E-state index is 13.1. The maximum absolute atomic E-state index is 13.1. The molecule has 38 heavy (non-hydrogen) atoms. The van der Waals surface area contributed by atoms with E-state index in [4.69, 9.17) is 32.7 Å². The summed E-state index contributed by atoms with van der Waals surface area (Å²) in [5.74, 6) is -0.818. The largest absolute Gasteiger partial charge is 0.422 e. The number of thiophene rings is 2. The van der Waals surface area contributed by atoms with Gasteiger partial charge in [0.2, 0.25) is 5.90 Å². The first kappa shape index (κ1) is 25.3. The molecule has 188 valence electrons. The fourth-order valence-corrected chi connectivity index (χ4v) is 7.45. The molecular formula is C28H14BrCl2NO4S2. The number of rotatable bonds is 4. The van der Waals surface area contributed by atoms with Crippen molar-refractivity contribution >= 4 is 106 Å². The van der Waals surface area contributed by atoms with Crippen molar-refractivity contribution in [3.8, 4) is 5.75 Å². The van der Waals surface area contributed by atoms with Gasteiger partial charge in [-0.05, 0) is 42.8 Å². The summed E-state index contributed by atoms with van der Waals surface area (Å²) in [6, 6.07) is 18.4. The number of halogens is 3. The molecule has 5 nitrogen and oxygen atoms in total. The summed E-state index contributed by atoms with van der Waals surface area (Å²) < 4.78 is 13.9. The lowest BCUT2D eigenvalue weighted by atomic mass is 10.1. The van der Waals surface area contributed by atoms with E-state index in [0.717, 1.165) is 30.2 Å². The molecule has 0 saturated carbocycles. The van der Waals surface area contributed by atoms with Crippen LogP contribution in [0.25, 0.3) is 26.2 Å². The van der Waals surface area contributed by atoms with Crippen LogP contribution in [0.5, 0.6) is 5.75 Å². The van der Waals surface area contributed by atoms with Gasteiger partial charge in [0.05, 0.1) is 10.0 Å². The number of carbonyl (C=O) groups is 2. The standard InChI is InChI=1S/C28H14BrCl2NO4S2/c1-13-6-8-16-20(10-13)37-24(22(16)30)26-32-18(27(33)36-26)11-14-4-2-3-5-19(14)35-28(34)25-23(31)17-9-7-15(29)12-21(17)38-25/h2-12H,1H3/b18-11+. The van der Waals surface area contributed by atoms with E-state index < -0.39 is 11.9 Å².